The summed E-state index contributed by atoms with van der Waals surface area (Å²) in [6.07, 6.45) is -3.94. The van der Waals surface area contributed by atoms with E-state index in [2.05, 4.69) is 0 Å². The van der Waals surface area contributed by atoms with Crippen LogP contribution in [0.3, 0.4) is 0 Å². The summed E-state index contributed by atoms with van der Waals surface area (Å²) in [6, 6.07) is 9.50. The molecule has 9 heteroatoms. The summed E-state index contributed by atoms with van der Waals surface area (Å²) in [5.74, 6) is -0.0954. The van der Waals surface area contributed by atoms with E-state index >= 15 is 0 Å². The van der Waals surface area contributed by atoms with Gasteiger partial charge in [0.2, 0.25) is 5.91 Å². The van der Waals surface area contributed by atoms with Crippen molar-refractivity contribution in [3.05, 3.63) is 59.7 Å². The van der Waals surface area contributed by atoms with Crippen molar-refractivity contribution in [1.29, 1.82) is 0 Å². The lowest BCUT2D eigenvalue weighted by Gasteiger charge is -2.34. The van der Waals surface area contributed by atoms with Crippen molar-refractivity contribution < 1.29 is 30.6 Å². The molecule has 176 valence electrons. The molecular formula is C23H28F3NO4S. The molecule has 0 radical (unpaired) electrons. The van der Waals surface area contributed by atoms with Crippen molar-refractivity contribution in [2.45, 2.75) is 64.7 Å². The van der Waals surface area contributed by atoms with Gasteiger partial charge in [-0.3, -0.25) is 4.79 Å². The lowest BCUT2D eigenvalue weighted by molar-refractivity contribution is -0.142. The van der Waals surface area contributed by atoms with Gasteiger partial charge in [0.05, 0.1) is 5.56 Å². The molecule has 0 saturated heterocycles. The highest BCUT2D eigenvalue weighted by Crippen LogP contribution is 2.31. The lowest BCUT2D eigenvalue weighted by atomic mass is 9.93. The smallest absolute Gasteiger partial charge is 0.379 e. The normalized spacial score (nSPS) is 13.5. The first-order valence-electron chi connectivity index (χ1n) is 10.2. The van der Waals surface area contributed by atoms with Crippen LogP contribution in [0.4, 0.5) is 13.2 Å². The van der Waals surface area contributed by atoms with Crippen LogP contribution in [0.5, 0.6) is 5.75 Å². The molecule has 1 amide bonds. The van der Waals surface area contributed by atoms with Crippen LogP contribution in [0.15, 0.2) is 53.4 Å². The average molecular weight is 472 g/mol. The van der Waals surface area contributed by atoms with E-state index in [4.69, 9.17) is 4.18 Å². The van der Waals surface area contributed by atoms with Gasteiger partial charge in [-0.1, -0.05) is 45.9 Å². The van der Waals surface area contributed by atoms with Crippen molar-refractivity contribution in [2.24, 2.45) is 5.41 Å². The third-order valence-corrected chi connectivity index (χ3v) is 6.18. The van der Waals surface area contributed by atoms with E-state index in [-0.39, 0.29) is 24.2 Å². The van der Waals surface area contributed by atoms with Crippen molar-refractivity contribution in [1.82, 2.24) is 4.90 Å². The van der Waals surface area contributed by atoms with Gasteiger partial charge >= 0.3 is 16.3 Å². The monoisotopic (exact) mass is 471 g/mol. The summed E-state index contributed by atoms with van der Waals surface area (Å²) in [5, 5.41) is 0. The Balaban J connectivity index is 2.30. The topological polar surface area (TPSA) is 63.7 Å². The quantitative estimate of drug-likeness (QED) is 0.490. The van der Waals surface area contributed by atoms with Crippen LogP contribution in [-0.2, 0) is 27.6 Å². The van der Waals surface area contributed by atoms with Crippen LogP contribution in [-0.4, -0.2) is 25.3 Å². The van der Waals surface area contributed by atoms with Crippen LogP contribution in [0.1, 0.15) is 52.2 Å². The maximum atomic E-state index is 12.9. The molecule has 0 heterocycles. The van der Waals surface area contributed by atoms with Gasteiger partial charge in [-0.25, -0.2) is 0 Å². The number of hydrogen-bond donors (Lipinski definition) is 0. The Labute approximate surface area is 187 Å². The molecule has 2 aromatic carbocycles. The maximum absolute atomic E-state index is 12.9. The van der Waals surface area contributed by atoms with Gasteiger partial charge in [0, 0.05) is 18.0 Å². The van der Waals surface area contributed by atoms with E-state index in [0.29, 0.717) is 11.6 Å². The summed E-state index contributed by atoms with van der Waals surface area (Å²) < 4.78 is 69.0. The third-order valence-electron chi connectivity index (χ3n) is 4.93. The van der Waals surface area contributed by atoms with Gasteiger partial charge in [0.1, 0.15) is 10.6 Å². The fourth-order valence-corrected chi connectivity index (χ4v) is 3.94. The molecule has 0 bridgehead atoms. The SMILES string of the molecule is CCC(C)N(Cc1cccc(OS(=O)(=O)c2cccc(C(F)(F)F)c2)c1)C(=O)C(C)(C)C. The molecule has 0 aliphatic rings. The van der Waals surface area contributed by atoms with Crippen molar-refractivity contribution in [3.63, 3.8) is 0 Å². The molecule has 0 aromatic heterocycles. The molecule has 0 N–H and O–H groups in total. The zero-order valence-electron chi connectivity index (χ0n) is 18.7. The van der Waals surface area contributed by atoms with E-state index in [1.165, 1.54) is 12.1 Å². The standard InChI is InChI=1S/C23H28F3NO4S/c1-6-16(2)27(21(28)22(3,4)5)15-17-9-7-11-19(13-17)31-32(29,30)20-12-8-10-18(14-20)23(24,25)26/h7-14,16H,6,15H2,1-5H3. The number of nitrogens with zero attached hydrogens (tertiary/aromatic N) is 1. The number of halogens is 3. The van der Waals surface area contributed by atoms with Gasteiger partial charge < -0.3 is 9.08 Å². The highest BCUT2D eigenvalue weighted by Gasteiger charge is 2.32. The van der Waals surface area contributed by atoms with Crippen LogP contribution >= 0.6 is 0 Å². The molecule has 0 spiro atoms. The molecule has 32 heavy (non-hydrogen) atoms. The predicted octanol–water partition coefficient (Wildman–Crippen LogP) is 5.65. The number of rotatable bonds is 7. The highest BCUT2D eigenvalue weighted by atomic mass is 32.2. The molecular weight excluding hydrogens is 443 g/mol. The first-order valence-corrected chi connectivity index (χ1v) is 11.6. The maximum Gasteiger partial charge on any atom is 0.416 e. The van der Waals surface area contributed by atoms with Crippen LogP contribution < -0.4 is 4.18 Å². The molecule has 0 aliphatic heterocycles. The minimum Gasteiger partial charge on any atom is -0.379 e. The van der Waals surface area contributed by atoms with Crippen LogP contribution in [0, 0.1) is 5.41 Å². The highest BCUT2D eigenvalue weighted by molar-refractivity contribution is 7.87. The van der Waals surface area contributed by atoms with E-state index < -0.39 is 32.2 Å². The molecule has 1 atom stereocenters. The third kappa shape index (κ3) is 6.48. The van der Waals surface area contributed by atoms with E-state index in [1.54, 1.807) is 17.0 Å². The van der Waals surface area contributed by atoms with E-state index in [9.17, 15) is 26.4 Å². The molecule has 1 unspecified atom stereocenters. The Morgan fingerprint density at radius 3 is 2.25 bits per heavy atom. The second-order valence-corrected chi connectivity index (χ2v) is 10.2. The number of benzene rings is 2. The summed E-state index contributed by atoms with van der Waals surface area (Å²) in [7, 11) is -4.48. The van der Waals surface area contributed by atoms with Gasteiger partial charge in [0.15, 0.2) is 0 Å². The van der Waals surface area contributed by atoms with Gasteiger partial charge in [-0.15, -0.1) is 0 Å². The van der Waals surface area contributed by atoms with Crippen molar-refractivity contribution in [3.8, 4) is 5.75 Å². The number of alkyl halides is 3. The average Bonchev–Trinajstić information content (AvgIpc) is 2.69. The summed E-state index contributed by atoms with van der Waals surface area (Å²) >= 11 is 0. The van der Waals surface area contributed by atoms with E-state index in [0.717, 1.165) is 24.6 Å². The Kier molecular flexibility index (Phi) is 7.65. The molecule has 5 nitrogen and oxygen atoms in total. The Hall–Kier alpha value is -2.55. The van der Waals surface area contributed by atoms with Gasteiger partial charge in [-0.2, -0.15) is 21.6 Å². The predicted molar refractivity (Wildman–Crippen MR) is 115 cm³/mol. The first kappa shape index (κ1) is 25.7. The molecule has 0 saturated carbocycles. The number of amides is 1. The molecule has 0 fully saturated rings. The fraction of sp³-hybridized carbons (Fsp3) is 0.435. The number of hydrogen-bond acceptors (Lipinski definition) is 4. The number of carbonyl (C=O) groups is 1. The molecule has 0 aliphatic carbocycles. The lowest BCUT2D eigenvalue weighted by Crippen LogP contribution is -2.44. The van der Waals surface area contributed by atoms with E-state index in [1.807, 2.05) is 34.6 Å². The molecule has 2 aromatic rings. The Morgan fingerprint density at radius 2 is 1.69 bits per heavy atom. The second-order valence-electron chi connectivity index (χ2n) is 8.65. The summed E-state index contributed by atoms with van der Waals surface area (Å²) in [6.45, 7) is 9.62. The van der Waals surface area contributed by atoms with Gasteiger partial charge in [-0.05, 0) is 49.2 Å². The zero-order chi connectivity index (χ0) is 24.3. The van der Waals surface area contributed by atoms with Crippen LogP contribution in [0.2, 0.25) is 0 Å². The molecule has 2 rings (SSSR count). The first-order chi connectivity index (χ1) is 14.6. The fourth-order valence-electron chi connectivity index (χ4n) is 2.97. The second kappa shape index (κ2) is 9.52. The van der Waals surface area contributed by atoms with Crippen molar-refractivity contribution in [2.75, 3.05) is 0 Å². The Morgan fingerprint density at radius 1 is 1.06 bits per heavy atom. The van der Waals surface area contributed by atoms with Crippen molar-refractivity contribution >= 4 is 16.0 Å². The van der Waals surface area contributed by atoms with Gasteiger partial charge in [0.25, 0.3) is 0 Å². The van der Waals surface area contributed by atoms with Crippen LogP contribution in [0.25, 0.3) is 0 Å². The zero-order valence-corrected chi connectivity index (χ0v) is 19.5. The minimum absolute atomic E-state index is 0.0415. The summed E-state index contributed by atoms with van der Waals surface area (Å²) in [4.78, 5) is 14.0. The minimum atomic E-state index is -4.68. The number of carbonyl (C=O) groups excluding carboxylic acids is 1. The summed E-state index contributed by atoms with van der Waals surface area (Å²) in [5.41, 5.74) is -1.04. The largest absolute Gasteiger partial charge is 0.416 e. The Bertz CT molecular complexity index is 1060.